The number of carbonyl (C=O) groups excluding carboxylic acids is 2. The number of hydrogen-bond donors (Lipinski definition) is 1. The van der Waals surface area contributed by atoms with E-state index in [4.69, 9.17) is 14.2 Å². The Labute approximate surface area is 263 Å². The molecule has 1 saturated heterocycles. The van der Waals surface area contributed by atoms with E-state index in [0.717, 1.165) is 50.9 Å². The standard InChI is InChI=1S/C37H64O6/c1-4-5-6-7-16-21-26-34-35(43-34)27-22-17-12-10-14-18-23-28-36(39)41-31-33(30-38)42-37(40)29-24-19-13-9-8-11-15-20-25-32(2)3/h10,14,16-17,21-22,32-35,38H,4-9,11-13,15,18-20,23-31H2,1-3H3/b14-10-,21-16-,22-17-/t33-,34?,35?/m0/s1. The Balaban J connectivity index is 1.96. The molecular weight excluding hydrogens is 540 g/mol. The molecule has 0 amide bonds. The van der Waals surface area contributed by atoms with E-state index in [1.165, 1.54) is 64.2 Å². The lowest BCUT2D eigenvalue weighted by atomic mass is 10.0. The maximum Gasteiger partial charge on any atom is 0.306 e. The fourth-order valence-corrected chi connectivity index (χ4v) is 4.95. The van der Waals surface area contributed by atoms with Crippen LogP contribution < -0.4 is 0 Å². The number of ether oxygens (including phenoxy) is 3. The Morgan fingerprint density at radius 3 is 1.98 bits per heavy atom. The van der Waals surface area contributed by atoms with Gasteiger partial charge in [-0.05, 0) is 57.3 Å². The average Bonchev–Trinajstić information content (AvgIpc) is 3.74. The molecule has 1 rings (SSSR count). The van der Waals surface area contributed by atoms with Gasteiger partial charge in [0.05, 0.1) is 18.8 Å². The Kier molecular flexibility index (Phi) is 25.1. The largest absolute Gasteiger partial charge is 0.462 e. The molecule has 1 aliphatic heterocycles. The molecule has 0 bridgehead atoms. The summed E-state index contributed by atoms with van der Waals surface area (Å²) in [5.74, 6) is 0.132. The molecule has 0 aliphatic carbocycles. The van der Waals surface area contributed by atoms with Gasteiger partial charge in [-0.1, -0.05) is 121 Å². The van der Waals surface area contributed by atoms with Crippen molar-refractivity contribution < 1.29 is 28.9 Å². The summed E-state index contributed by atoms with van der Waals surface area (Å²) >= 11 is 0. The summed E-state index contributed by atoms with van der Waals surface area (Å²) in [5, 5.41) is 9.50. The number of epoxide rings is 1. The first kappa shape index (κ1) is 39.1. The van der Waals surface area contributed by atoms with Gasteiger partial charge in [-0.2, -0.15) is 0 Å². The van der Waals surface area contributed by atoms with Gasteiger partial charge in [0.2, 0.25) is 0 Å². The topological polar surface area (TPSA) is 85.4 Å². The molecule has 1 N–H and O–H groups in total. The molecule has 2 unspecified atom stereocenters. The van der Waals surface area contributed by atoms with E-state index in [-0.39, 0.29) is 25.2 Å². The molecule has 0 aromatic rings. The first-order valence-electron chi connectivity index (χ1n) is 17.5. The van der Waals surface area contributed by atoms with E-state index >= 15 is 0 Å². The van der Waals surface area contributed by atoms with E-state index in [2.05, 4.69) is 57.2 Å². The zero-order valence-corrected chi connectivity index (χ0v) is 27.8. The predicted octanol–water partition coefficient (Wildman–Crippen LogP) is 9.35. The summed E-state index contributed by atoms with van der Waals surface area (Å²) in [4.78, 5) is 24.1. The van der Waals surface area contributed by atoms with Crippen LogP contribution in [0.25, 0.3) is 0 Å². The number of esters is 2. The van der Waals surface area contributed by atoms with Crippen LogP contribution in [-0.4, -0.2) is 48.6 Å². The maximum absolute atomic E-state index is 12.1. The second-order valence-corrected chi connectivity index (χ2v) is 12.5. The van der Waals surface area contributed by atoms with E-state index < -0.39 is 6.10 Å². The molecule has 0 radical (unpaired) electrons. The lowest BCUT2D eigenvalue weighted by Gasteiger charge is -2.15. The van der Waals surface area contributed by atoms with Crippen molar-refractivity contribution in [3.63, 3.8) is 0 Å². The van der Waals surface area contributed by atoms with E-state index in [0.29, 0.717) is 31.5 Å². The lowest BCUT2D eigenvalue weighted by molar-refractivity contribution is -0.161. The number of rotatable bonds is 29. The summed E-state index contributed by atoms with van der Waals surface area (Å²) in [7, 11) is 0. The van der Waals surface area contributed by atoms with Crippen molar-refractivity contribution in [1.29, 1.82) is 0 Å². The third-order valence-corrected chi connectivity index (χ3v) is 7.77. The number of allylic oxidation sites excluding steroid dienone is 4. The molecule has 1 aliphatic rings. The number of carbonyl (C=O) groups is 2. The van der Waals surface area contributed by atoms with Crippen LogP contribution in [0.3, 0.4) is 0 Å². The van der Waals surface area contributed by atoms with Gasteiger partial charge in [-0.3, -0.25) is 9.59 Å². The molecule has 248 valence electrons. The van der Waals surface area contributed by atoms with Gasteiger partial charge in [-0.15, -0.1) is 0 Å². The molecule has 6 heteroatoms. The van der Waals surface area contributed by atoms with Gasteiger partial charge in [0.15, 0.2) is 6.10 Å². The fourth-order valence-electron chi connectivity index (χ4n) is 4.95. The number of aliphatic hydroxyl groups excluding tert-OH is 1. The van der Waals surface area contributed by atoms with Crippen LogP contribution >= 0.6 is 0 Å². The minimum atomic E-state index is -0.794. The Morgan fingerprint density at radius 2 is 1.30 bits per heavy atom. The van der Waals surface area contributed by atoms with E-state index in [9.17, 15) is 14.7 Å². The Hall–Kier alpha value is -1.92. The van der Waals surface area contributed by atoms with Crippen LogP contribution in [0.4, 0.5) is 0 Å². The molecule has 0 saturated carbocycles. The van der Waals surface area contributed by atoms with Crippen molar-refractivity contribution in [2.45, 2.75) is 167 Å². The van der Waals surface area contributed by atoms with Crippen molar-refractivity contribution in [2.75, 3.05) is 13.2 Å². The number of aliphatic hydroxyl groups is 1. The first-order chi connectivity index (χ1) is 21.0. The molecule has 43 heavy (non-hydrogen) atoms. The second kappa shape index (κ2) is 27.6. The quantitative estimate of drug-likeness (QED) is 0.0396. The molecular formula is C37H64O6. The van der Waals surface area contributed by atoms with Gasteiger partial charge in [-0.25, -0.2) is 0 Å². The van der Waals surface area contributed by atoms with Crippen LogP contribution in [0.1, 0.15) is 149 Å². The van der Waals surface area contributed by atoms with Crippen LogP contribution in [-0.2, 0) is 23.8 Å². The minimum Gasteiger partial charge on any atom is -0.462 e. The summed E-state index contributed by atoms with van der Waals surface area (Å²) in [6.07, 6.45) is 33.8. The Bertz CT molecular complexity index is 771. The van der Waals surface area contributed by atoms with Gasteiger partial charge >= 0.3 is 11.9 Å². The summed E-state index contributed by atoms with van der Waals surface area (Å²) in [5.41, 5.74) is 0. The third kappa shape index (κ3) is 25.1. The summed E-state index contributed by atoms with van der Waals surface area (Å²) in [6, 6.07) is 0. The van der Waals surface area contributed by atoms with Crippen molar-refractivity contribution in [3.8, 4) is 0 Å². The van der Waals surface area contributed by atoms with Crippen LogP contribution in [0, 0.1) is 5.92 Å². The fraction of sp³-hybridized carbons (Fsp3) is 0.784. The van der Waals surface area contributed by atoms with Gasteiger partial charge in [0.1, 0.15) is 6.61 Å². The molecule has 3 atom stereocenters. The SMILES string of the molecule is CCCCC/C=C\CC1OC1C/C=C\C/C=C\CCCC(=O)OC[C@H](CO)OC(=O)CCCCCCCCCCC(C)C. The summed E-state index contributed by atoms with van der Waals surface area (Å²) in [6.45, 7) is 6.33. The predicted molar refractivity (Wildman–Crippen MR) is 177 cm³/mol. The highest BCUT2D eigenvalue weighted by Crippen LogP contribution is 2.29. The number of unbranched alkanes of at least 4 members (excludes halogenated alkanes) is 11. The average molecular weight is 605 g/mol. The first-order valence-corrected chi connectivity index (χ1v) is 17.5. The highest BCUT2D eigenvalue weighted by atomic mass is 16.6. The third-order valence-electron chi connectivity index (χ3n) is 7.77. The van der Waals surface area contributed by atoms with E-state index in [1.807, 2.05) is 0 Å². The smallest absolute Gasteiger partial charge is 0.306 e. The highest BCUT2D eigenvalue weighted by molar-refractivity contribution is 5.70. The molecule has 6 nitrogen and oxygen atoms in total. The van der Waals surface area contributed by atoms with Gasteiger partial charge < -0.3 is 19.3 Å². The summed E-state index contributed by atoms with van der Waals surface area (Å²) < 4.78 is 16.2. The van der Waals surface area contributed by atoms with Crippen molar-refractivity contribution >= 4 is 11.9 Å². The highest BCUT2D eigenvalue weighted by Gasteiger charge is 2.35. The molecule has 1 fully saturated rings. The lowest BCUT2D eigenvalue weighted by Crippen LogP contribution is -2.28. The van der Waals surface area contributed by atoms with Gasteiger partial charge in [0.25, 0.3) is 0 Å². The molecule has 0 aromatic carbocycles. The van der Waals surface area contributed by atoms with E-state index in [1.54, 1.807) is 0 Å². The normalized spacial score (nSPS) is 17.4. The second-order valence-electron chi connectivity index (χ2n) is 12.5. The van der Waals surface area contributed by atoms with Crippen LogP contribution in [0.15, 0.2) is 36.5 Å². The van der Waals surface area contributed by atoms with Crippen LogP contribution in [0.2, 0.25) is 0 Å². The van der Waals surface area contributed by atoms with Crippen LogP contribution in [0.5, 0.6) is 0 Å². The zero-order valence-electron chi connectivity index (χ0n) is 27.8. The molecule has 0 aromatic heterocycles. The Morgan fingerprint density at radius 1 is 0.721 bits per heavy atom. The van der Waals surface area contributed by atoms with Gasteiger partial charge in [0, 0.05) is 12.8 Å². The molecule has 1 heterocycles. The maximum atomic E-state index is 12.1. The minimum absolute atomic E-state index is 0.0979. The number of hydrogen-bond acceptors (Lipinski definition) is 6. The molecule has 0 spiro atoms. The van der Waals surface area contributed by atoms with Crippen molar-refractivity contribution in [2.24, 2.45) is 5.92 Å². The van der Waals surface area contributed by atoms with Crippen molar-refractivity contribution in [1.82, 2.24) is 0 Å². The monoisotopic (exact) mass is 604 g/mol. The zero-order chi connectivity index (χ0) is 31.4. The van der Waals surface area contributed by atoms with Crippen molar-refractivity contribution in [3.05, 3.63) is 36.5 Å².